The molecule has 0 aliphatic carbocycles. The molecule has 0 aliphatic rings. The molecule has 1 nitrogen and oxygen atoms in total. The van der Waals surface area contributed by atoms with Crippen LogP contribution in [0.4, 0.5) is 0 Å². The van der Waals surface area contributed by atoms with Crippen LogP contribution in [0.15, 0.2) is 18.5 Å². The van der Waals surface area contributed by atoms with Crippen LogP contribution in [0.5, 0.6) is 0 Å². The van der Waals surface area contributed by atoms with Crippen LogP contribution in [0.3, 0.4) is 0 Å². The Morgan fingerprint density at radius 1 is 0.319 bits per heavy atom. The average Bonchev–Trinajstić information content (AvgIpc) is 3.08. The van der Waals surface area contributed by atoms with Gasteiger partial charge in [-0.2, -0.15) is 0 Å². The zero-order chi connectivity index (χ0) is 33.7. The third kappa shape index (κ3) is 29.8. The second-order valence-corrected chi connectivity index (χ2v) is 15.5. The van der Waals surface area contributed by atoms with Crippen LogP contribution in [-0.2, 0) is 19.4 Å². The van der Waals surface area contributed by atoms with Crippen molar-refractivity contribution in [1.29, 1.82) is 0 Å². The van der Waals surface area contributed by atoms with Crippen molar-refractivity contribution in [2.75, 3.05) is 0 Å². The maximum absolute atomic E-state index is 2.56. The van der Waals surface area contributed by atoms with Gasteiger partial charge in [-0.1, -0.05) is 220 Å². The Morgan fingerprint density at radius 2 is 0.596 bits per heavy atom. The van der Waals surface area contributed by atoms with Gasteiger partial charge in [-0.15, -0.1) is 0 Å². The van der Waals surface area contributed by atoms with E-state index in [9.17, 15) is 0 Å². The SMILES string of the molecule is CCCCCCCCCCCCCCCCC[n+]1ccc(CCCCCCCCCCCC)c(CCCCCCCCCCCC)c1. The maximum atomic E-state index is 2.56. The summed E-state index contributed by atoms with van der Waals surface area (Å²) in [5.41, 5.74) is 3.33. The van der Waals surface area contributed by atoms with E-state index in [2.05, 4.69) is 43.8 Å². The lowest BCUT2D eigenvalue weighted by Gasteiger charge is -2.10. The van der Waals surface area contributed by atoms with Gasteiger partial charge in [0, 0.05) is 18.1 Å². The Labute approximate surface area is 298 Å². The lowest BCUT2D eigenvalue weighted by Crippen LogP contribution is -2.34. The van der Waals surface area contributed by atoms with Gasteiger partial charge in [0.2, 0.25) is 0 Å². The molecule has 0 aromatic carbocycles. The molecule has 276 valence electrons. The molecule has 0 atom stereocenters. The molecule has 47 heavy (non-hydrogen) atoms. The topological polar surface area (TPSA) is 3.88 Å². The third-order valence-corrected chi connectivity index (χ3v) is 10.8. The summed E-state index contributed by atoms with van der Waals surface area (Å²) in [6.07, 6.45) is 57.8. The number of hydrogen-bond donors (Lipinski definition) is 0. The van der Waals surface area contributed by atoms with Crippen molar-refractivity contribution in [2.24, 2.45) is 0 Å². The highest BCUT2D eigenvalue weighted by molar-refractivity contribution is 5.21. The first kappa shape index (κ1) is 44.2. The van der Waals surface area contributed by atoms with Crippen molar-refractivity contribution in [2.45, 2.75) is 265 Å². The van der Waals surface area contributed by atoms with E-state index in [4.69, 9.17) is 0 Å². The molecule has 0 fully saturated rings. The molecule has 0 saturated carbocycles. The van der Waals surface area contributed by atoms with E-state index in [1.54, 1.807) is 11.1 Å². The van der Waals surface area contributed by atoms with Gasteiger partial charge < -0.3 is 0 Å². The summed E-state index contributed by atoms with van der Waals surface area (Å²) >= 11 is 0. The first-order valence-corrected chi connectivity index (χ1v) is 22.3. The minimum atomic E-state index is 1.21. The highest BCUT2D eigenvalue weighted by atomic mass is 14.9. The molecule has 1 heterocycles. The molecule has 0 N–H and O–H groups in total. The molecule has 0 aliphatic heterocycles. The molecule has 1 heteroatoms. The number of aryl methyl sites for hydroxylation is 3. The van der Waals surface area contributed by atoms with Gasteiger partial charge in [0.05, 0.1) is 0 Å². The van der Waals surface area contributed by atoms with Crippen LogP contribution in [0.1, 0.15) is 257 Å². The zero-order valence-electron chi connectivity index (χ0n) is 33.0. The quantitative estimate of drug-likeness (QED) is 0.0493. The normalized spacial score (nSPS) is 11.6. The van der Waals surface area contributed by atoms with Crippen LogP contribution in [0, 0.1) is 0 Å². The summed E-state index contributed by atoms with van der Waals surface area (Å²) in [5, 5.41) is 0. The van der Waals surface area contributed by atoms with Gasteiger partial charge in [-0.05, 0) is 37.7 Å². The first-order chi connectivity index (χ1) is 23.3. The Bertz CT molecular complexity index is 739. The number of unbranched alkanes of at least 4 members (excludes halogenated alkanes) is 32. The fourth-order valence-corrected chi connectivity index (χ4v) is 7.50. The van der Waals surface area contributed by atoms with Gasteiger partial charge in [0.15, 0.2) is 12.4 Å². The number of hydrogen-bond acceptors (Lipinski definition) is 0. The monoisotopic (exact) mass is 655 g/mol. The standard InChI is InChI=1S/C46H88N/c1-4-7-10-13-16-19-22-23-24-25-26-29-32-35-38-42-47-43-41-45(39-36-33-30-27-20-17-14-11-8-5-2)46(44-47)40-37-34-31-28-21-18-15-12-9-6-3/h41,43-44H,4-40,42H2,1-3H3/q+1. The van der Waals surface area contributed by atoms with Gasteiger partial charge in [0.1, 0.15) is 6.54 Å². The highest BCUT2D eigenvalue weighted by Gasteiger charge is 2.10. The highest BCUT2D eigenvalue weighted by Crippen LogP contribution is 2.18. The van der Waals surface area contributed by atoms with Crippen LogP contribution in [0.25, 0.3) is 0 Å². The first-order valence-electron chi connectivity index (χ1n) is 22.3. The Morgan fingerprint density at radius 3 is 0.936 bits per heavy atom. The third-order valence-electron chi connectivity index (χ3n) is 10.8. The van der Waals surface area contributed by atoms with Gasteiger partial charge in [0.25, 0.3) is 0 Å². The summed E-state index contributed by atoms with van der Waals surface area (Å²) < 4.78 is 2.54. The number of aromatic nitrogens is 1. The van der Waals surface area contributed by atoms with Gasteiger partial charge in [-0.25, -0.2) is 4.57 Å². The molecular weight excluding hydrogens is 567 g/mol. The Kier molecular flexibility index (Phi) is 34.2. The molecule has 0 spiro atoms. The van der Waals surface area contributed by atoms with Crippen molar-refractivity contribution in [3.05, 3.63) is 29.6 Å². The van der Waals surface area contributed by atoms with E-state index >= 15 is 0 Å². The zero-order valence-corrected chi connectivity index (χ0v) is 33.0. The van der Waals surface area contributed by atoms with E-state index in [1.807, 2.05) is 0 Å². The molecular formula is C46H88N+. The Hall–Kier alpha value is -0.850. The largest absolute Gasteiger partial charge is 0.205 e. The van der Waals surface area contributed by atoms with Gasteiger partial charge in [-0.3, -0.25) is 0 Å². The van der Waals surface area contributed by atoms with Crippen LogP contribution in [-0.4, -0.2) is 0 Å². The molecule has 0 saturated heterocycles. The molecule has 0 radical (unpaired) electrons. The van der Waals surface area contributed by atoms with E-state index < -0.39 is 0 Å². The summed E-state index contributed by atoms with van der Waals surface area (Å²) in [5.74, 6) is 0. The second kappa shape index (κ2) is 36.4. The maximum Gasteiger partial charge on any atom is 0.172 e. The number of rotatable bonds is 38. The van der Waals surface area contributed by atoms with E-state index in [-0.39, 0.29) is 0 Å². The molecule has 0 bridgehead atoms. The minimum Gasteiger partial charge on any atom is -0.205 e. The predicted molar refractivity (Wildman–Crippen MR) is 213 cm³/mol. The molecule has 0 unspecified atom stereocenters. The summed E-state index contributed by atoms with van der Waals surface area (Å²) in [6.45, 7) is 8.16. The van der Waals surface area contributed by atoms with Crippen molar-refractivity contribution in [1.82, 2.24) is 0 Å². The number of nitrogens with zero attached hydrogens (tertiary/aromatic N) is 1. The lowest BCUT2D eigenvalue weighted by molar-refractivity contribution is -0.697. The van der Waals surface area contributed by atoms with Crippen molar-refractivity contribution < 1.29 is 4.57 Å². The minimum absolute atomic E-state index is 1.21. The smallest absolute Gasteiger partial charge is 0.172 e. The lowest BCUT2D eigenvalue weighted by atomic mass is 9.97. The van der Waals surface area contributed by atoms with Crippen LogP contribution >= 0.6 is 0 Å². The molecule has 1 rings (SSSR count). The second-order valence-electron chi connectivity index (χ2n) is 15.5. The van der Waals surface area contributed by atoms with Crippen molar-refractivity contribution in [3.8, 4) is 0 Å². The van der Waals surface area contributed by atoms with Crippen molar-refractivity contribution in [3.63, 3.8) is 0 Å². The summed E-state index contributed by atoms with van der Waals surface area (Å²) in [7, 11) is 0. The van der Waals surface area contributed by atoms with Crippen molar-refractivity contribution >= 4 is 0 Å². The fraction of sp³-hybridized carbons (Fsp3) is 0.891. The van der Waals surface area contributed by atoms with Gasteiger partial charge >= 0.3 is 0 Å². The summed E-state index contributed by atoms with van der Waals surface area (Å²) in [6, 6.07) is 2.50. The number of pyridine rings is 1. The molecule has 1 aromatic rings. The van der Waals surface area contributed by atoms with Crippen LogP contribution < -0.4 is 4.57 Å². The van der Waals surface area contributed by atoms with E-state index in [1.165, 1.54) is 244 Å². The summed E-state index contributed by atoms with van der Waals surface area (Å²) in [4.78, 5) is 0. The van der Waals surface area contributed by atoms with Crippen LogP contribution in [0.2, 0.25) is 0 Å². The Balaban J connectivity index is 2.28. The average molecular weight is 655 g/mol. The van der Waals surface area contributed by atoms with E-state index in [0.717, 1.165) is 0 Å². The fourth-order valence-electron chi connectivity index (χ4n) is 7.50. The molecule has 0 amide bonds. The predicted octanol–water partition coefficient (Wildman–Crippen LogP) is 15.8. The van der Waals surface area contributed by atoms with E-state index in [0.29, 0.717) is 0 Å². The molecule has 1 aromatic heterocycles.